The van der Waals surface area contributed by atoms with Crippen molar-refractivity contribution in [3.05, 3.63) is 77.4 Å². The SMILES string of the molecule is CC[C@H](NC(=O)CN(c1ccc(C)cc1)S(=O)(=O)c1ccc(OC)c(OC)c1)c1ccc(OC)c(C)c1. The first-order valence-electron chi connectivity index (χ1n) is 11.9. The average molecular weight is 527 g/mol. The summed E-state index contributed by atoms with van der Waals surface area (Å²) >= 11 is 0. The van der Waals surface area contributed by atoms with Gasteiger partial charge in [0.05, 0.1) is 38.0 Å². The topological polar surface area (TPSA) is 94.2 Å². The number of benzene rings is 3. The summed E-state index contributed by atoms with van der Waals surface area (Å²) in [5.41, 5.74) is 3.21. The van der Waals surface area contributed by atoms with E-state index in [1.165, 1.54) is 32.4 Å². The zero-order valence-corrected chi connectivity index (χ0v) is 22.9. The first kappa shape index (κ1) is 27.9. The van der Waals surface area contributed by atoms with Crippen LogP contribution in [0.1, 0.15) is 36.1 Å². The van der Waals surface area contributed by atoms with Crippen molar-refractivity contribution in [1.29, 1.82) is 0 Å². The summed E-state index contributed by atoms with van der Waals surface area (Å²) in [6, 6.07) is 16.8. The van der Waals surface area contributed by atoms with Crippen molar-refractivity contribution in [1.82, 2.24) is 5.32 Å². The van der Waals surface area contributed by atoms with Gasteiger partial charge >= 0.3 is 0 Å². The Morgan fingerprint density at radius 1 is 0.865 bits per heavy atom. The highest BCUT2D eigenvalue weighted by molar-refractivity contribution is 7.92. The van der Waals surface area contributed by atoms with E-state index in [0.29, 0.717) is 17.9 Å². The van der Waals surface area contributed by atoms with Crippen LogP contribution in [0.4, 0.5) is 5.69 Å². The first-order chi connectivity index (χ1) is 17.6. The maximum Gasteiger partial charge on any atom is 0.264 e. The summed E-state index contributed by atoms with van der Waals surface area (Å²) < 4.78 is 44.6. The number of aryl methyl sites for hydroxylation is 2. The smallest absolute Gasteiger partial charge is 0.264 e. The molecule has 3 aromatic carbocycles. The average Bonchev–Trinajstić information content (AvgIpc) is 2.90. The Bertz CT molecular complexity index is 1340. The summed E-state index contributed by atoms with van der Waals surface area (Å²) in [5, 5.41) is 2.99. The second-order valence-electron chi connectivity index (χ2n) is 8.62. The largest absolute Gasteiger partial charge is 0.496 e. The van der Waals surface area contributed by atoms with E-state index in [2.05, 4.69) is 5.32 Å². The summed E-state index contributed by atoms with van der Waals surface area (Å²) in [4.78, 5) is 13.2. The minimum atomic E-state index is -4.12. The zero-order chi connectivity index (χ0) is 27.2. The molecule has 0 saturated carbocycles. The highest BCUT2D eigenvalue weighted by Gasteiger charge is 2.29. The van der Waals surface area contributed by atoms with Gasteiger partial charge in [-0.1, -0.05) is 36.8 Å². The van der Waals surface area contributed by atoms with Crippen LogP contribution in [0.5, 0.6) is 17.2 Å². The van der Waals surface area contributed by atoms with Crippen LogP contribution >= 0.6 is 0 Å². The number of amides is 1. The second kappa shape index (κ2) is 12.0. The van der Waals surface area contributed by atoms with Gasteiger partial charge in [0.2, 0.25) is 5.91 Å². The van der Waals surface area contributed by atoms with Crippen molar-refractivity contribution in [3.8, 4) is 17.2 Å². The maximum absolute atomic E-state index is 13.8. The molecule has 1 atom stereocenters. The van der Waals surface area contributed by atoms with Crippen molar-refractivity contribution < 1.29 is 27.4 Å². The normalized spacial score (nSPS) is 11.9. The molecule has 3 aromatic rings. The van der Waals surface area contributed by atoms with Gasteiger partial charge in [0.15, 0.2) is 11.5 Å². The van der Waals surface area contributed by atoms with E-state index in [1.807, 2.05) is 39.0 Å². The predicted molar refractivity (Wildman–Crippen MR) is 144 cm³/mol. The molecule has 0 spiro atoms. The predicted octanol–water partition coefficient (Wildman–Crippen LogP) is 4.79. The van der Waals surface area contributed by atoms with Crippen LogP contribution in [0.3, 0.4) is 0 Å². The monoisotopic (exact) mass is 526 g/mol. The van der Waals surface area contributed by atoms with Crippen molar-refractivity contribution in [2.45, 2.75) is 38.1 Å². The third-order valence-corrected chi connectivity index (χ3v) is 7.89. The molecular formula is C28H34N2O6S. The van der Waals surface area contributed by atoms with Crippen LogP contribution in [-0.2, 0) is 14.8 Å². The molecule has 0 aromatic heterocycles. The fourth-order valence-corrected chi connectivity index (χ4v) is 5.48. The number of methoxy groups -OCH3 is 3. The molecule has 0 heterocycles. The van der Waals surface area contributed by atoms with Gasteiger partial charge in [-0.05, 0) is 61.7 Å². The second-order valence-corrected chi connectivity index (χ2v) is 10.5. The van der Waals surface area contributed by atoms with Crippen molar-refractivity contribution in [2.24, 2.45) is 0 Å². The lowest BCUT2D eigenvalue weighted by molar-refractivity contribution is -0.120. The van der Waals surface area contributed by atoms with Crippen LogP contribution < -0.4 is 23.8 Å². The van der Waals surface area contributed by atoms with Gasteiger partial charge in [-0.3, -0.25) is 9.10 Å². The molecule has 0 saturated heterocycles. The van der Waals surface area contributed by atoms with Crippen LogP contribution in [0.15, 0.2) is 65.6 Å². The van der Waals surface area contributed by atoms with Gasteiger partial charge in [-0.25, -0.2) is 8.42 Å². The van der Waals surface area contributed by atoms with Crippen LogP contribution in [0, 0.1) is 13.8 Å². The lowest BCUT2D eigenvalue weighted by atomic mass is 10.0. The van der Waals surface area contributed by atoms with Gasteiger partial charge in [-0.2, -0.15) is 0 Å². The maximum atomic E-state index is 13.8. The summed E-state index contributed by atoms with van der Waals surface area (Å²) in [5.74, 6) is 1.01. The number of hydrogen-bond donors (Lipinski definition) is 1. The van der Waals surface area contributed by atoms with Crippen molar-refractivity contribution in [2.75, 3.05) is 32.2 Å². The zero-order valence-electron chi connectivity index (χ0n) is 22.1. The number of nitrogens with zero attached hydrogens (tertiary/aromatic N) is 1. The third-order valence-electron chi connectivity index (χ3n) is 6.12. The lowest BCUT2D eigenvalue weighted by Gasteiger charge is -2.26. The van der Waals surface area contributed by atoms with Crippen LogP contribution in [-0.4, -0.2) is 42.2 Å². The van der Waals surface area contributed by atoms with E-state index in [4.69, 9.17) is 14.2 Å². The van der Waals surface area contributed by atoms with Gasteiger partial charge in [0, 0.05) is 6.07 Å². The van der Waals surface area contributed by atoms with E-state index in [1.54, 1.807) is 31.4 Å². The Morgan fingerprint density at radius 3 is 2.05 bits per heavy atom. The lowest BCUT2D eigenvalue weighted by Crippen LogP contribution is -2.42. The molecule has 0 fully saturated rings. The van der Waals surface area contributed by atoms with E-state index >= 15 is 0 Å². The molecule has 3 rings (SSSR count). The number of carbonyl (C=O) groups excluding carboxylic acids is 1. The quantitative estimate of drug-likeness (QED) is 0.386. The minimum Gasteiger partial charge on any atom is -0.496 e. The third kappa shape index (κ3) is 6.35. The number of anilines is 1. The standard InChI is InChI=1S/C28H34N2O6S/c1-7-24(21-10-14-25(34-4)20(3)16-21)29-28(31)18-30(22-11-8-19(2)9-12-22)37(32,33)23-13-15-26(35-5)27(17-23)36-6/h8-17,24H,7,18H2,1-6H3,(H,29,31)/t24-/m0/s1. The number of ether oxygens (including phenoxy) is 3. The summed E-state index contributed by atoms with van der Waals surface area (Å²) in [6.07, 6.45) is 0.629. The van der Waals surface area contributed by atoms with Gasteiger partial charge < -0.3 is 19.5 Å². The molecule has 9 heteroatoms. The summed E-state index contributed by atoms with van der Waals surface area (Å²) in [7, 11) is 0.400. The molecule has 0 aliphatic carbocycles. The molecule has 1 N–H and O–H groups in total. The highest BCUT2D eigenvalue weighted by atomic mass is 32.2. The number of carbonyl (C=O) groups is 1. The first-order valence-corrected chi connectivity index (χ1v) is 13.3. The fraction of sp³-hybridized carbons (Fsp3) is 0.321. The van der Waals surface area contributed by atoms with E-state index in [-0.39, 0.29) is 16.7 Å². The molecule has 1 amide bonds. The van der Waals surface area contributed by atoms with Crippen molar-refractivity contribution >= 4 is 21.6 Å². The molecule has 0 unspecified atom stereocenters. The van der Waals surface area contributed by atoms with E-state index < -0.39 is 22.5 Å². The molecule has 0 aliphatic rings. The Labute approximate surface area is 219 Å². The molecule has 198 valence electrons. The molecule has 0 aliphatic heterocycles. The van der Waals surface area contributed by atoms with Gasteiger partial charge in [0.1, 0.15) is 12.3 Å². The van der Waals surface area contributed by atoms with Gasteiger partial charge in [-0.15, -0.1) is 0 Å². The van der Waals surface area contributed by atoms with E-state index in [0.717, 1.165) is 26.7 Å². The molecule has 37 heavy (non-hydrogen) atoms. The van der Waals surface area contributed by atoms with E-state index in [9.17, 15) is 13.2 Å². The number of hydrogen-bond acceptors (Lipinski definition) is 6. The number of nitrogens with one attached hydrogen (secondary N) is 1. The van der Waals surface area contributed by atoms with Crippen LogP contribution in [0.25, 0.3) is 0 Å². The minimum absolute atomic E-state index is 0.0173. The van der Waals surface area contributed by atoms with Crippen molar-refractivity contribution in [3.63, 3.8) is 0 Å². The van der Waals surface area contributed by atoms with Crippen LogP contribution in [0.2, 0.25) is 0 Å². The Morgan fingerprint density at radius 2 is 1.49 bits per heavy atom. The molecule has 8 nitrogen and oxygen atoms in total. The molecule has 0 bridgehead atoms. The van der Waals surface area contributed by atoms with Gasteiger partial charge in [0.25, 0.3) is 10.0 Å². The Hall–Kier alpha value is -3.72. The Balaban J connectivity index is 1.94. The Kier molecular flexibility index (Phi) is 9.04. The highest BCUT2D eigenvalue weighted by Crippen LogP contribution is 2.32. The molecule has 0 radical (unpaired) electrons. The molecular weight excluding hydrogens is 492 g/mol. The number of rotatable bonds is 11. The summed E-state index contributed by atoms with van der Waals surface area (Å²) in [6.45, 7) is 5.41. The fourth-order valence-electron chi connectivity index (χ4n) is 4.04. The number of sulfonamides is 1.